The minimum absolute atomic E-state index is 0.354. The Morgan fingerprint density at radius 1 is 1.17 bits per heavy atom. The number of carbonyl (C=O) groups excluding carboxylic acids is 2. The van der Waals surface area contributed by atoms with Gasteiger partial charge >= 0.3 is 5.97 Å². The molecule has 2 N–H and O–H groups in total. The Kier molecular flexibility index (Phi) is 4.80. The highest BCUT2D eigenvalue weighted by Gasteiger charge is 2.66. The summed E-state index contributed by atoms with van der Waals surface area (Å²) < 4.78 is 0.863. The van der Waals surface area contributed by atoms with Crippen molar-refractivity contribution in [3.8, 4) is 0 Å². The number of halogens is 2. The number of hydrogen-bond acceptors (Lipinski definition) is 4. The van der Waals surface area contributed by atoms with Crippen LogP contribution in [0.4, 0.5) is 5.69 Å². The maximum atomic E-state index is 13.4. The van der Waals surface area contributed by atoms with E-state index in [0.717, 1.165) is 20.5 Å². The molecule has 29 heavy (non-hydrogen) atoms. The van der Waals surface area contributed by atoms with E-state index in [1.807, 2.05) is 31.2 Å². The summed E-state index contributed by atoms with van der Waals surface area (Å²) in [7, 11) is 0. The van der Waals surface area contributed by atoms with Gasteiger partial charge in [0, 0.05) is 15.5 Å². The summed E-state index contributed by atoms with van der Waals surface area (Å²) in [5.74, 6) is -3.98. The molecule has 2 fully saturated rings. The lowest BCUT2D eigenvalue weighted by Gasteiger charge is -2.27. The minimum atomic E-state index is -1.57. The van der Waals surface area contributed by atoms with Gasteiger partial charge in [-0.2, -0.15) is 0 Å². The van der Waals surface area contributed by atoms with Gasteiger partial charge in [0.2, 0.25) is 11.8 Å². The molecule has 6 nitrogen and oxygen atoms in total. The fraction of sp³-hybridized carbons (Fsp3) is 0.286. The molecule has 2 aliphatic rings. The molecule has 0 radical (unpaired) electrons. The van der Waals surface area contributed by atoms with E-state index in [1.165, 1.54) is 6.92 Å². The Labute approximate surface area is 181 Å². The van der Waals surface area contributed by atoms with E-state index >= 15 is 0 Å². The van der Waals surface area contributed by atoms with Gasteiger partial charge in [0.15, 0.2) is 0 Å². The number of carboxylic acid groups (broad SMARTS) is 1. The number of imide groups is 1. The lowest BCUT2D eigenvalue weighted by Crippen LogP contribution is -2.53. The normalized spacial score (nSPS) is 28.7. The maximum Gasteiger partial charge on any atom is 0.324 e. The molecule has 2 aliphatic heterocycles. The van der Waals surface area contributed by atoms with Gasteiger partial charge in [0.1, 0.15) is 5.54 Å². The van der Waals surface area contributed by atoms with Crippen LogP contribution in [0, 0.1) is 18.8 Å². The quantitative estimate of drug-likeness (QED) is 0.658. The summed E-state index contributed by atoms with van der Waals surface area (Å²) in [5, 5.41) is 13.4. The third-order valence-corrected chi connectivity index (χ3v) is 6.81. The topological polar surface area (TPSA) is 86.7 Å². The van der Waals surface area contributed by atoms with Crippen LogP contribution >= 0.6 is 27.5 Å². The number of nitrogens with one attached hydrogen (secondary N) is 1. The number of aliphatic carboxylic acids is 1. The molecule has 4 unspecified atom stereocenters. The third kappa shape index (κ3) is 2.99. The molecule has 2 aromatic carbocycles. The van der Waals surface area contributed by atoms with Crippen molar-refractivity contribution in [3.63, 3.8) is 0 Å². The SMILES string of the molecule is Cc1ccc(N2C(=O)C3C(c4ccc(Br)cc4)NC(C)(C(=O)O)C3C2=O)cc1Cl. The highest BCUT2D eigenvalue weighted by atomic mass is 79.9. The second-order valence-electron chi connectivity index (χ2n) is 7.63. The highest BCUT2D eigenvalue weighted by molar-refractivity contribution is 9.10. The highest BCUT2D eigenvalue weighted by Crippen LogP contribution is 2.49. The van der Waals surface area contributed by atoms with Crippen LogP contribution in [0.3, 0.4) is 0 Å². The van der Waals surface area contributed by atoms with Gasteiger partial charge in [0.25, 0.3) is 0 Å². The monoisotopic (exact) mass is 476 g/mol. The van der Waals surface area contributed by atoms with E-state index in [2.05, 4.69) is 21.2 Å². The number of anilines is 1. The average Bonchev–Trinajstić information content (AvgIpc) is 3.13. The van der Waals surface area contributed by atoms with Crippen molar-refractivity contribution in [2.45, 2.75) is 25.4 Å². The summed E-state index contributed by atoms with van der Waals surface area (Å²) in [6, 6.07) is 11.6. The predicted octanol–water partition coefficient (Wildman–Crippen LogP) is 3.70. The molecule has 4 rings (SSSR count). The molecule has 2 aromatic rings. The van der Waals surface area contributed by atoms with Gasteiger partial charge < -0.3 is 5.11 Å². The first-order chi connectivity index (χ1) is 13.6. The zero-order valence-electron chi connectivity index (χ0n) is 15.6. The van der Waals surface area contributed by atoms with Crippen molar-refractivity contribution in [2.24, 2.45) is 11.8 Å². The van der Waals surface area contributed by atoms with E-state index in [0.29, 0.717) is 10.7 Å². The number of rotatable bonds is 3. The number of hydrogen-bond donors (Lipinski definition) is 2. The van der Waals surface area contributed by atoms with Gasteiger partial charge in [-0.1, -0.05) is 45.7 Å². The molecule has 4 atom stereocenters. The molecule has 0 spiro atoms. The van der Waals surface area contributed by atoms with Crippen molar-refractivity contribution >= 4 is 51.0 Å². The zero-order valence-corrected chi connectivity index (χ0v) is 18.0. The molecule has 0 saturated carbocycles. The van der Waals surface area contributed by atoms with Crippen molar-refractivity contribution in [2.75, 3.05) is 4.90 Å². The number of carboxylic acids is 1. The second-order valence-corrected chi connectivity index (χ2v) is 8.95. The van der Waals surface area contributed by atoms with E-state index < -0.39 is 41.2 Å². The summed E-state index contributed by atoms with van der Waals surface area (Å²) >= 11 is 9.57. The molecule has 2 saturated heterocycles. The largest absolute Gasteiger partial charge is 0.480 e. The first-order valence-corrected chi connectivity index (χ1v) is 10.2. The molecule has 150 valence electrons. The Morgan fingerprint density at radius 2 is 1.83 bits per heavy atom. The van der Waals surface area contributed by atoms with Crippen LogP contribution < -0.4 is 10.2 Å². The molecule has 0 aliphatic carbocycles. The van der Waals surface area contributed by atoms with Gasteiger partial charge in [0.05, 0.1) is 17.5 Å². The van der Waals surface area contributed by atoms with Crippen LogP contribution in [0.5, 0.6) is 0 Å². The fourth-order valence-electron chi connectivity index (χ4n) is 4.27. The second kappa shape index (κ2) is 6.93. The molecule has 0 aromatic heterocycles. The molecule has 0 bridgehead atoms. The Hall–Kier alpha value is -2.22. The Morgan fingerprint density at radius 3 is 2.41 bits per heavy atom. The number of aryl methyl sites for hydroxylation is 1. The van der Waals surface area contributed by atoms with Crippen molar-refractivity contribution in [3.05, 3.63) is 63.1 Å². The number of nitrogens with zero attached hydrogens (tertiary/aromatic N) is 1. The van der Waals surface area contributed by atoms with E-state index in [4.69, 9.17) is 11.6 Å². The fourth-order valence-corrected chi connectivity index (χ4v) is 4.71. The Bertz CT molecular complexity index is 1040. The number of amides is 2. The van der Waals surface area contributed by atoms with Crippen LogP contribution in [-0.2, 0) is 14.4 Å². The molecular formula is C21H18BrClN2O4. The van der Waals surface area contributed by atoms with Gasteiger partial charge in [-0.05, 0) is 49.2 Å². The van der Waals surface area contributed by atoms with Crippen LogP contribution in [0.15, 0.2) is 46.9 Å². The van der Waals surface area contributed by atoms with Gasteiger partial charge in [-0.3, -0.25) is 19.7 Å². The first-order valence-electron chi connectivity index (χ1n) is 9.05. The first kappa shape index (κ1) is 20.1. The number of fused-ring (bicyclic) bond motifs is 1. The smallest absolute Gasteiger partial charge is 0.324 e. The molecule has 2 heterocycles. The van der Waals surface area contributed by atoms with Crippen molar-refractivity contribution < 1.29 is 19.5 Å². The molecule has 2 amide bonds. The summed E-state index contributed by atoms with van der Waals surface area (Å²) in [4.78, 5) is 39.9. The average molecular weight is 478 g/mol. The van der Waals surface area contributed by atoms with E-state index in [1.54, 1.807) is 18.2 Å². The number of benzene rings is 2. The summed E-state index contributed by atoms with van der Waals surface area (Å²) in [5.41, 5.74) is 0.350. The van der Waals surface area contributed by atoms with Gasteiger partial charge in [-0.15, -0.1) is 0 Å². The van der Waals surface area contributed by atoms with E-state index in [9.17, 15) is 19.5 Å². The van der Waals surface area contributed by atoms with Crippen LogP contribution in [0.1, 0.15) is 24.1 Å². The van der Waals surface area contributed by atoms with Gasteiger partial charge in [-0.25, -0.2) is 4.90 Å². The lowest BCUT2D eigenvalue weighted by atomic mass is 9.80. The van der Waals surface area contributed by atoms with Crippen LogP contribution in [-0.4, -0.2) is 28.4 Å². The molecular weight excluding hydrogens is 460 g/mol. The summed E-state index contributed by atoms with van der Waals surface area (Å²) in [6.45, 7) is 3.28. The van der Waals surface area contributed by atoms with Crippen LogP contribution in [0.25, 0.3) is 0 Å². The van der Waals surface area contributed by atoms with E-state index in [-0.39, 0.29) is 0 Å². The number of carbonyl (C=O) groups is 3. The van der Waals surface area contributed by atoms with Crippen molar-refractivity contribution in [1.82, 2.24) is 5.32 Å². The molecule has 8 heteroatoms. The maximum absolute atomic E-state index is 13.4. The van der Waals surface area contributed by atoms with Crippen molar-refractivity contribution in [1.29, 1.82) is 0 Å². The standard InChI is InChI=1S/C21H18BrClN2O4/c1-10-3-8-13(9-14(10)23)25-18(26)15-16(19(25)27)21(2,20(28)29)24-17(15)11-4-6-12(22)7-5-11/h3-9,15-17,24H,1-2H3,(H,28,29). The Balaban J connectivity index is 1.82. The third-order valence-electron chi connectivity index (χ3n) is 5.87. The predicted molar refractivity (Wildman–Crippen MR) is 112 cm³/mol. The lowest BCUT2D eigenvalue weighted by molar-refractivity contribution is -0.147. The minimum Gasteiger partial charge on any atom is -0.480 e. The van der Waals surface area contributed by atoms with Crippen LogP contribution in [0.2, 0.25) is 5.02 Å². The zero-order chi connectivity index (χ0) is 21.1. The summed E-state index contributed by atoms with van der Waals surface area (Å²) in [6.07, 6.45) is 0.